The highest BCUT2D eigenvalue weighted by Gasteiger charge is 2.32. The van der Waals surface area contributed by atoms with Crippen LogP contribution in [0.1, 0.15) is 28.2 Å². The topological polar surface area (TPSA) is 86.4 Å². The number of sulfonamides is 1. The Morgan fingerprint density at radius 1 is 1.15 bits per heavy atom. The average Bonchev–Trinajstić information content (AvgIpc) is 2.81. The van der Waals surface area contributed by atoms with E-state index >= 15 is 0 Å². The Kier molecular flexibility index (Phi) is 5.29. The monoisotopic (exact) mass is 398 g/mol. The molecule has 1 aromatic heterocycles. The van der Waals surface area contributed by atoms with E-state index in [1.807, 2.05) is 0 Å². The molecule has 0 atom stereocenters. The number of aryl methyl sites for hydroxylation is 2. The first-order chi connectivity index (χ1) is 12.7. The van der Waals surface area contributed by atoms with Gasteiger partial charge in [0.05, 0.1) is 17.0 Å². The molecule has 0 unspecified atom stereocenters. The number of nitrogens with one attached hydrogen (secondary N) is 1. The van der Waals surface area contributed by atoms with Gasteiger partial charge in [-0.25, -0.2) is 17.2 Å². The molecule has 7 nitrogen and oxygen atoms in total. The van der Waals surface area contributed by atoms with Gasteiger partial charge in [-0.1, -0.05) is 0 Å². The molecule has 2 heterocycles. The number of rotatable bonds is 3. The second-order valence-corrected chi connectivity index (χ2v) is 8.31. The molecule has 1 amide bonds. The summed E-state index contributed by atoms with van der Waals surface area (Å²) >= 11 is 0. The van der Waals surface area contributed by atoms with E-state index in [1.165, 1.54) is 9.21 Å². The molecule has 1 N–H and O–H groups in total. The van der Waals surface area contributed by atoms with E-state index in [0.717, 1.165) is 12.1 Å². The second-order valence-electron chi connectivity index (χ2n) is 6.44. The second kappa shape index (κ2) is 7.35. The summed E-state index contributed by atoms with van der Waals surface area (Å²) in [5, 5.41) is 6.60. The predicted octanol–water partition coefficient (Wildman–Crippen LogP) is 1.84. The van der Waals surface area contributed by atoms with E-state index in [1.54, 1.807) is 13.8 Å². The fraction of sp³-hybridized carbons (Fsp3) is 0.412. The van der Waals surface area contributed by atoms with E-state index in [0.29, 0.717) is 23.9 Å². The summed E-state index contributed by atoms with van der Waals surface area (Å²) in [6, 6.07) is 2.78. The highest BCUT2D eigenvalue weighted by atomic mass is 32.2. The number of H-pyrrole nitrogens is 1. The van der Waals surface area contributed by atoms with Crippen LogP contribution in [0.2, 0.25) is 0 Å². The molecule has 0 saturated carbocycles. The van der Waals surface area contributed by atoms with Crippen LogP contribution in [0.5, 0.6) is 0 Å². The third-order valence-corrected chi connectivity index (χ3v) is 6.72. The lowest BCUT2D eigenvalue weighted by molar-refractivity contribution is 0.0759. The number of carbonyl (C=O) groups excluding carboxylic acids is 1. The Labute approximate surface area is 156 Å². The SMILES string of the molecule is Cc1n[nH]c(C)c1S(=O)(=O)N1CCCN(C(=O)c2ccc(F)cc2F)CC1. The number of benzene rings is 1. The van der Waals surface area contributed by atoms with Crippen molar-refractivity contribution in [2.24, 2.45) is 0 Å². The maximum atomic E-state index is 13.9. The molecule has 3 rings (SSSR count). The smallest absolute Gasteiger partial charge is 0.256 e. The molecule has 1 saturated heterocycles. The fourth-order valence-electron chi connectivity index (χ4n) is 3.22. The number of carbonyl (C=O) groups is 1. The molecule has 0 radical (unpaired) electrons. The largest absolute Gasteiger partial charge is 0.337 e. The first-order valence-electron chi connectivity index (χ1n) is 8.48. The average molecular weight is 398 g/mol. The predicted molar refractivity (Wildman–Crippen MR) is 93.7 cm³/mol. The lowest BCUT2D eigenvalue weighted by Gasteiger charge is -2.22. The van der Waals surface area contributed by atoms with Crippen LogP contribution < -0.4 is 0 Å². The molecule has 2 aromatic rings. The zero-order valence-electron chi connectivity index (χ0n) is 15.0. The third kappa shape index (κ3) is 3.72. The van der Waals surface area contributed by atoms with Crippen LogP contribution in [-0.4, -0.2) is 59.9 Å². The van der Waals surface area contributed by atoms with E-state index in [9.17, 15) is 22.0 Å². The summed E-state index contributed by atoms with van der Waals surface area (Å²) in [6.45, 7) is 3.97. The summed E-state index contributed by atoms with van der Waals surface area (Å²) in [5.74, 6) is -2.27. The summed E-state index contributed by atoms with van der Waals surface area (Å²) < 4.78 is 54.1. The van der Waals surface area contributed by atoms with E-state index in [4.69, 9.17) is 0 Å². The zero-order chi connectivity index (χ0) is 19.8. The molecule has 1 aliphatic rings. The number of nitrogens with zero attached hydrogens (tertiary/aromatic N) is 3. The van der Waals surface area contributed by atoms with Crippen molar-refractivity contribution in [3.05, 3.63) is 46.8 Å². The van der Waals surface area contributed by atoms with E-state index in [-0.39, 0.29) is 36.6 Å². The van der Waals surface area contributed by atoms with Gasteiger partial charge in [0.15, 0.2) is 0 Å². The van der Waals surface area contributed by atoms with Gasteiger partial charge in [0.25, 0.3) is 5.91 Å². The van der Waals surface area contributed by atoms with Gasteiger partial charge in [-0.15, -0.1) is 0 Å². The van der Waals surface area contributed by atoms with Crippen LogP contribution in [0, 0.1) is 25.5 Å². The minimum absolute atomic E-state index is 0.0843. The summed E-state index contributed by atoms with van der Waals surface area (Å²) in [5.41, 5.74) is 0.616. The molecule has 0 aliphatic carbocycles. The lowest BCUT2D eigenvalue weighted by atomic mass is 10.1. The first-order valence-corrected chi connectivity index (χ1v) is 9.92. The number of halogens is 2. The Morgan fingerprint density at radius 2 is 1.89 bits per heavy atom. The zero-order valence-corrected chi connectivity index (χ0v) is 15.8. The van der Waals surface area contributed by atoms with Crippen LogP contribution in [0.25, 0.3) is 0 Å². The van der Waals surface area contributed by atoms with Crippen LogP contribution in [0.3, 0.4) is 0 Å². The van der Waals surface area contributed by atoms with Crippen LogP contribution >= 0.6 is 0 Å². The third-order valence-electron chi connectivity index (χ3n) is 4.56. The van der Waals surface area contributed by atoms with Gasteiger partial charge < -0.3 is 4.90 Å². The number of hydrogen-bond donors (Lipinski definition) is 1. The van der Waals surface area contributed by atoms with Gasteiger partial charge in [-0.05, 0) is 32.4 Å². The van der Waals surface area contributed by atoms with Gasteiger partial charge in [0, 0.05) is 32.2 Å². The molecule has 0 spiro atoms. The first kappa shape index (κ1) is 19.4. The highest BCUT2D eigenvalue weighted by Crippen LogP contribution is 2.23. The van der Waals surface area contributed by atoms with Crippen molar-refractivity contribution in [1.29, 1.82) is 0 Å². The van der Waals surface area contributed by atoms with Crippen molar-refractivity contribution < 1.29 is 22.0 Å². The summed E-state index contributed by atoms with van der Waals surface area (Å²) in [4.78, 5) is 14.1. The maximum Gasteiger partial charge on any atom is 0.256 e. The van der Waals surface area contributed by atoms with Crippen molar-refractivity contribution in [3.8, 4) is 0 Å². The van der Waals surface area contributed by atoms with Crippen molar-refractivity contribution in [3.63, 3.8) is 0 Å². The van der Waals surface area contributed by atoms with E-state index < -0.39 is 27.6 Å². The Bertz CT molecular complexity index is 955. The molecule has 1 fully saturated rings. The molecule has 1 aliphatic heterocycles. The van der Waals surface area contributed by atoms with Crippen LogP contribution in [-0.2, 0) is 10.0 Å². The summed E-state index contributed by atoms with van der Waals surface area (Å²) in [6.07, 6.45) is 0.406. The molecule has 10 heteroatoms. The maximum absolute atomic E-state index is 13.9. The Balaban J connectivity index is 1.78. The molecular weight excluding hydrogens is 378 g/mol. The lowest BCUT2D eigenvalue weighted by Crippen LogP contribution is -2.37. The Morgan fingerprint density at radius 3 is 2.52 bits per heavy atom. The van der Waals surface area contributed by atoms with E-state index in [2.05, 4.69) is 10.2 Å². The number of aromatic nitrogens is 2. The molecule has 27 heavy (non-hydrogen) atoms. The molecule has 146 valence electrons. The quantitative estimate of drug-likeness (QED) is 0.855. The minimum atomic E-state index is -3.75. The highest BCUT2D eigenvalue weighted by molar-refractivity contribution is 7.89. The van der Waals surface area contributed by atoms with Crippen molar-refractivity contribution in [2.45, 2.75) is 25.2 Å². The van der Waals surface area contributed by atoms with Crippen molar-refractivity contribution in [1.82, 2.24) is 19.4 Å². The van der Waals surface area contributed by atoms with Crippen LogP contribution in [0.4, 0.5) is 8.78 Å². The van der Waals surface area contributed by atoms with Gasteiger partial charge >= 0.3 is 0 Å². The normalized spacial score (nSPS) is 16.4. The van der Waals surface area contributed by atoms with Gasteiger partial charge in [0.1, 0.15) is 16.5 Å². The fourth-order valence-corrected chi connectivity index (χ4v) is 5.02. The molecule has 0 bridgehead atoms. The number of hydrogen-bond acceptors (Lipinski definition) is 4. The van der Waals surface area contributed by atoms with Crippen molar-refractivity contribution >= 4 is 15.9 Å². The van der Waals surface area contributed by atoms with Crippen LogP contribution in [0.15, 0.2) is 23.1 Å². The molecular formula is C17H20F2N4O3S. The van der Waals surface area contributed by atoms with Gasteiger partial charge in [-0.2, -0.15) is 9.40 Å². The standard InChI is InChI=1S/C17H20F2N4O3S/c1-11-16(12(2)21-20-11)27(25,26)23-7-3-6-22(8-9-23)17(24)14-5-4-13(18)10-15(14)19/h4-5,10H,3,6-9H2,1-2H3,(H,20,21). The van der Waals surface area contributed by atoms with Crippen molar-refractivity contribution in [2.75, 3.05) is 26.2 Å². The van der Waals surface area contributed by atoms with Gasteiger partial charge in [0.2, 0.25) is 10.0 Å². The molecule has 1 aromatic carbocycles. The number of aromatic amines is 1. The van der Waals surface area contributed by atoms with Gasteiger partial charge in [-0.3, -0.25) is 9.89 Å². The number of amides is 1. The summed E-state index contributed by atoms with van der Waals surface area (Å²) in [7, 11) is -3.75. The Hall–Kier alpha value is -2.33. The minimum Gasteiger partial charge on any atom is -0.337 e.